The number of anilines is 2. The third kappa shape index (κ3) is 3.79. The number of carbonyl (C=O) groups excluding carboxylic acids is 1. The Hall–Kier alpha value is -2.27. The summed E-state index contributed by atoms with van der Waals surface area (Å²) in [4.78, 5) is 16.3. The van der Waals surface area contributed by atoms with Gasteiger partial charge in [0.1, 0.15) is 5.82 Å². The number of piperazine rings is 1. The highest BCUT2D eigenvalue weighted by Gasteiger charge is 2.22. The fourth-order valence-corrected chi connectivity index (χ4v) is 2.98. The van der Waals surface area contributed by atoms with Gasteiger partial charge in [-0.25, -0.2) is 9.18 Å². The second-order valence-corrected chi connectivity index (χ2v) is 6.28. The van der Waals surface area contributed by atoms with Gasteiger partial charge in [-0.3, -0.25) is 0 Å². The number of benzene rings is 2. The predicted octanol–water partition coefficient (Wildman–Crippen LogP) is 4.14. The first kappa shape index (κ1) is 16.6. The quantitative estimate of drug-likeness (QED) is 0.886. The van der Waals surface area contributed by atoms with Crippen LogP contribution in [0.5, 0.6) is 0 Å². The van der Waals surface area contributed by atoms with E-state index in [1.165, 1.54) is 17.7 Å². The number of urea groups is 1. The molecule has 3 rings (SSSR count). The topological polar surface area (TPSA) is 35.6 Å². The van der Waals surface area contributed by atoms with E-state index in [0.717, 1.165) is 18.8 Å². The highest BCUT2D eigenvalue weighted by molar-refractivity contribution is 6.30. The zero-order valence-corrected chi connectivity index (χ0v) is 14.2. The van der Waals surface area contributed by atoms with Crippen LogP contribution in [-0.4, -0.2) is 37.1 Å². The molecule has 126 valence electrons. The summed E-state index contributed by atoms with van der Waals surface area (Å²) in [5, 5.41) is 3.51. The summed E-state index contributed by atoms with van der Waals surface area (Å²) < 4.78 is 12.9. The Balaban J connectivity index is 1.59. The van der Waals surface area contributed by atoms with Crippen molar-refractivity contribution < 1.29 is 9.18 Å². The van der Waals surface area contributed by atoms with Crippen molar-refractivity contribution in [1.29, 1.82) is 0 Å². The van der Waals surface area contributed by atoms with Gasteiger partial charge in [-0.15, -0.1) is 0 Å². The third-order valence-electron chi connectivity index (χ3n) is 4.17. The molecule has 2 aromatic rings. The fraction of sp³-hybridized carbons (Fsp3) is 0.278. The van der Waals surface area contributed by atoms with Crippen LogP contribution < -0.4 is 10.2 Å². The molecule has 4 nitrogen and oxygen atoms in total. The monoisotopic (exact) mass is 347 g/mol. The number of hydrogen-bond acceptors (Lipinski definition) is 2. The van der Waals surface area contributed by atoms with Gasteiger partial charge in [0.2, 0.25) is 0 Å². The summed E-state index contributed by atoms with van der Waals surface area (Å²) in [6, 6.07) is 11.5. The molecule has 1 aliphatic heterocycles. The van der Waals surface area contributed by atoms with Crippen LogP contribution in [0.2, 0.25) is 5.02 Å². The maximum absolute atomic E-state index is 12.9. The van der Waals surface area contributed by atoms with Crippen LogP contribution in [-0.2, 0) is 0 Å². The number of amides is 2. The Labute approximate surface area is 145 Å². The molecule has 0 aromatic heterocycles. The standard InChI is InChI=1S/C18H19ClFN3O/c1-13-2-3-14(19)12-17(13)22-8-10-23(11-9-22)18(24)21-16-6-4-15(20)5-7-16/h2-7,12H,8-11H2,1H3,(H,21,24). The number of aryl methyl sites for hydroxylation is 1. The van der Waals surface area contributed by atoms with E-state index < -0.39 is 0 Å². The van der Waals surface area contributed by atoms with Gasteiger partial charge in [0, 0.05) is 42.6 Å². The predicted molar refractivity (Wildman–Crippen MR) is 95.4 cm³/mol. The highest BCUT2D eigenvalue weighted by Crippen LogP contribution is 2.25. The minimum absolute atomic E-state index is 0.163. The molecule has 1 heterocycles. The van der Waals surface area contributed by atoms with Crippen molar-refractivity contribution in [3.63, 3.8) is 0 Å². The van der Waals surface area contributed by atoms with Crippen LogP contribution in [0, 0.1) is 12.7 Å². The Morgan fingerprint density at radius 2 is 1.75 bits per heavy atom. The minimum Gasteiger partial charge on any atom is -0.368 e. The smallest absolute Gasteiger partial charge is 0.321 e. The second kappa shape index (κ2) is 7.09. The van der Waals surface area contributed by atoms with Crippen LogP contribution in [0.4, 0.5) is 20.6 Å². The van der Waals surface area contributed by atoms with Gasteiger partial charge in [0.15, 0.2) is 0 Å². The van der Waals surface area contributed by atoms with Crippen LogP contribution in [0.1, 0.15) is 5.56 Å². The van der Waals surface area contributed by atoms with E-state index in [-0.39, 0.29) is 11.8 Å². The number of rotatable bonds is 2. The molecule has 1 fully saturated rings. The van der Waals surface area contributed by atoms with E-state index in [1.807, 2.05) is 18.2 Å². The number of carbonyl (C=O) groups is 1. The van der Waals surface area contributed by atoms with Crippen molar-refractivity contribution in [3.05, 3.63) is 58.9 Å². The molecule has 6 heteroatoms. The summed E-state index contributed by atoms with van der Waals surface area (Å²) in [5.74, 6) is -0.321. The van der Waals surface area contributed by atoms with Gasteiger partial charge < -0.3 is 15.1 Å². The molecule has 0 spiro atoms. The molecule has 0 bridgehead atoms. The van der Waals surface area contributed by atoms with Gasteiger partial charge in [-0.1, -0.05) is 17.7 Å². The van der Waals surface area contributed by atoms with Crippen molar-refractivity contribution in [2.75, 3.05) is 36.4 Å². The fourth-order valence-electron chi connectivity index (χ4n) is 2.81. The van der Waals surface area contributed by atoms with E-state index in [9.17, 15) is 9.18 Å². The number of hydrogen-bond donors (Lipinski definition) is 1. The first-order chi connectivity index (χ1) is 11.5. The second-order valence-electron chi connectivity index (χ2n) is 5.84. The van der Waals surface area contributed by atoms with Crippen molar-refractivity contribution in [1.82, 2.24) is 4.90 Å². The van der Waals surface area contributed by atoms with Crippen LogP contribution in [0.15, 0.2) is 42.5 Å². The molecule has 24 heavy (non-hydrogen) atoms. The molecule has 1 N–H and O–H groups in total. The lowest BCUT2D eigenvalue weighted by molar-refractivity contribution is 0.208. The first-order valence-corrected chi connectivity index (χ1v) is 8.23. The van der Waals surface area contributed by atoms with E-state index >= 15 is 0 Å². The maximum Gasteiger partial charge on any atom is 0.321 e. The summed E-state index contributed by atoms with van der Waals surface area (Å²) in [5.41, 5.74) is 2.87. The minimum atomic E-state index is -0.321. The molecule has 0 saturated carbocycles. The van der Waals surface area contributed by atoms with Gasteiger partial charge in [-0.05, 0) is 48.9 Å². The Kier molecular flexibility index (Phi) is 4.90. The number of halogens is 2. The molecule has 2 aromatic carbocycles. The lowest BCUT2D eigenvalue weighted by Crippen LogP contribution is -2.50. The summed E-state index contributed by atoms with van der Waals surface area (Å²) in [7, 11) is 0. The summed E-state index contributed by atoms with van der Waals surface area (Å²) >= 11 is 6.09. The van der Waals surface area contributed by atoms with Crippen LogP contribution in [0.3, 0.4) is 0 Å². The highest BCUT2D eigenvalue weighted by atomic mass is 35.5. The Bertz CT molecular complexity index is 728. The molecule has 2 amide bonds. The van der Waals surface area contributed by atoms with Gasteiger partial charge in [-0.2, -0.15) is 0 Å². The Morgan fingerprint density at radius 1 is 1.08 bits per heavy atom. The molecular weight excluding hydrogens is 329 g/mol. The lowest BCUT2D eigenvalue weighted by Gasteiger charge is -2.36. The molecule has 0 radical (unpaired) electrons. The van der Waals surface area contributed by atoms with Crippen LogP contribution in [0.25, 0.3) is 0 Å². The van der Waals surface area contributed by atoms with Crippen molar-refractivity contribution >= 4 is 29.0 Å². The van der Waals surface area contributed by atoms with Crippen molar-refractivity contribution in [3.8, 4) is 0 Å². The van der Waals surface area contributed by atoms with E-state index in [1.54, 1.807) is 17.0 Å². The van der Waals surface area contributed by atoms with Gasteiger partial charge >= 0.3 is 6.03 Å². The molecule has 1 saturated heterocycles. The molecule has 1 aliphatic rings. The van der Waals surface area contributed by atoms with Gasteiger partial charge in [0.05, 0.1) is 0 Å². The first-order valence-electron chi connectivity index (χ1n) is 7.85. The summed E-state index contributed by atoms with van der Waals surface area (Å²) in [6.07, 6.45) is 0. The number of nitrogens with one attached hydrogen (secondary N) is 1. The molecular formula is C18H19ClFN3O. The Morgan fingerprint density at radius 3 is 2.42 bits per heavy atom. The van der Waals surface area contributed by atoms with Crippen molar-refractivity contribution in [2.24, 2.45) is 0 Å². The molecule has 0 aliphatic carbocycles. The van der Waals surface area contributed by atoms with E-state index in [4.69, 9.17) is 11.6 Å². The number of nitrogens with zero attached hydrogens (tertiary/aromatic N) is 2. The largest absolute Gasteiger partial charge is 0.368 e. The average molecular weight is 348 g/mol. The van der Waals surface area contributed by atoms with Gasteiger partial charge in [0.25, 0.3) is 0 Å². The van der Waals surface area contributed by atoms with E-state index in [2.05, 4.69) is 17.1 Å². The van der Waals surface area contributed by atoms with Crippen molar-refractivity contribution in [2.45, 2.75) is 6.92 Å². The molecule has 0 unspecified atom stereocenters. The summed E-state index contributed by atoms with van der Waals surface area (Å²) in [6.45, 7) is 4.80. The lowest BCUT2D eigenvalue weighted by atomic mass is 10.1. The average Bonchev–Trinajstić information content (AvgIpc) is 2.59. The van der Waals surface area contributed by atoms with E-state index in [0.29, 0.717) is 23.8 Å². The zero-order chi connectivity index (χ0) is 17.1. The maximum atomic E-state index is 12.9. The normalized spacial score (nSPS) is 14.6. The van der Waals surface area contributed by atoms with Crippen LogP contribution >= 0.6 is 11.6 Å². The SMILES string of the molecule is Cc1ccc(Cl)cc1N1CCN(C(=O)Nc2ccc(F)cc2)CC1. The third-order valence-corrected chi connectivity index (χ3v) is 4.41. The molecule has 0 atom stereocenters. The zero-order valence-electron chi connectivity index (χ0n) is 13.4.